The van der Waals surface area contributed by atoms with Crippen molar-refractivity contribution in [3.8, 4) is 0 Å². The molecule has 0 radical (unpaired) electrons. The van der Waals surface area contributed by atoms with Crippen LogP contribution in [0.15, 0.2) is 0 Å². The standard InChI is InChI=1S/C14H28N3O8.C7H14N2O5.2ClH/c1-6-14(7-2,11-24-15(19)20)10-23-13(18)8-12(25-16(21)22)9-17(3,4)5;1-9(2,3)5-6(4-7(10)11)14-8(12)13;;/h12H,6-11H2,1-5H3;6H,4-5H2,1-3H3;2*1H/q+1;;;/p-1. The average Bonchev–Trinajstić information content (AvgIpc) is 2.70. The minimum atomic E-state index is -1.11. The zero-order valence-electron chi connectivity index (χ0n) is 24.6. The Kier molecular flexibility index (Phi) is 22.9. The van der Waals surface area contributed by atoms with Gasteiger partial charge < -0.3 is 58.1 Å². The Labute approximate surface area is 251 Å². The molecule has 0 spiro atoms. The fourth-order valence-corrected chi connectivity index (χ4v) is 3.30. The molecule has 20 heteroatoms. The fraction of sp³-hybridized carbons (Fsp3) is 0.905. The molecule has 0 aromatic rings. The van der Waals surface area contributed by atoms with E-state index in [4.69, 9.17) is 9.84 Å². The van der Waals surface area contributed by atoms with Gasteiger partial charge in [0.25, 0.3) is 15.3 Å². The number of nitrogens with zero attached hydrogens (tertiary/aromatic N) is 5. The topological polar surface area (TPSA) is 221 Å². The van der Waals surface area contributed by atoms with Crippen molar-refractivity contribution in [1.29, 1.82) is 0 Å². The molecule has 0 saturated carbocycles. The van der Waals surface area contributed by atoms with Crippen molar-refractivity contribution in [2.45, 2.75) is 51.7 Å². The molecule has 0 amide bonds. The summed E-state index contributed by atoms with van der Waals surface area (Å²) in [7, 11) is 10.9. The molecule has 0 rings (SSSR count). The Morgan fingerprint density at radius 3 is 1.44 bits per heavy atom. The summed E-state index contributed by atoms with van der Waals surface area (Å²) in [5.41, 5.74) is -0.678. The molecule has 0 aromatic heterocycles. The van der Waals surface area contributed by atoms with E-state index < -0.39 is 44.8 Å². The molecule has 0 aliphatic rings. The van der Waals surface area contributed by atoms with E-state index in [1.165, 1.54) is 0 Å². The van der Waals surface area contributed by atoms with Gasteiger partial charge in [-0.05, 0) is 12.8 Å². The van der Waals surface area contributed by atoms with Gasteiger partial charge in [-0.25, -0.2) is 0 Å². The second kappa shape index (κ2) is 20.8. The van der Waals surface area contributed by atoms with Gasteiger partial charge in [-0.2, -0.15) is 0 Å². The highest BCUT2D eigenvalue weighted by Crippen LogP contribution is 2.27. The van der Waals surface area contributed by atoms with Crippen LogP contribution < -0.4 is 24.8 Å². The number of carbonyl (C=O) groups is 2. The van der Waals surface area contributed by atoms with Gasteiger partial charge in [0.2, 0.25) is 0 Å². The minimum absolute atomic E-state index is 0. The van der Waals surface area contributed by atoms with Gasteiger partial charge in [0, 0.05) is 5.41 Å². The number of rotatable bonds is 19. The van der Waals surface area contributed by atoms with Crippen LogP contribution >= 0.6 is 0 Å². The monoisotopic (exact) mass is 643 g/mol. The molecule has 0 aliphatic carbocycles. The van der Waals surface area contributed by atoms with Crippen LogP contribution in [0.25, 0.3) is 0 Å². The second-order valence-corrected chi connectivity index (χ2v) is 11.0. The molecule has 0 saturated heterocycles. The Hall–Kier alpha value is -2.96. The third kappa shape index (κ3) is 27.0. The summed E-state index contributed by atoms with van der Waals surface area (Å²) in [5.74, 6) is -1.77. The summed E-state index contributed by atoms with van der Waals surface area (Å²) >= 11 is 0. The highest BCUT2D eigenvalue weighted by atomic mass is 35.5. The van der Waals surface area contributed by atoms with Crippen LogP contribution in [0, 0.1) is 35.8 Å². The van der Waals surface area contributed by atoms with Crippen molar-refractivity contribution in [3.05, 3.63) is 30.3 Å². The van der Waals surface area contributed by atoms with Crippen LogP contribution in [-0.4, -0.2) is 122 Å². The van der Waals surface area contributed by atoms with Crippen LogP contribution in [0.5, 0.6) is 0 Å². The molecule has 41 heavy (non-hydrogen) atoms. The number of carbonyl (C=O) groups excluding carboxylic acids is 1. The van der Waals surface area contributed by atoms with E-state index in [9.17, 15) is 39.9 Å². The summed E-state index contributed by atoms with van der Waals surface area (Å²) in [6, 6.07) is 0. The number of likely N-dealkylation sites (N-methyl/N-ethyl adjacent to an activating group) is 2. The number of halogens is 2. The summed E-state index contributed by atoms with van der Waals surface area (Å²) in [6.45, 7) is 3.89. The van der Waals surface area contributed by atoms with Crippen molar-refractivity contribution >= 4 is 11.9 Å². The van der Waals surface area contributed by atoms with Gasteiger partial charge in [0.1, 0.15) is 19.7 Å². The minimum Gasteiger partial charge on any atom is -1.00 e. The van der Waals surface area contributed by atoms with E-state index in [1.807, 2.05) is 35.0 Å². The maximum absolute atomic E-state index is 12.0. The first kappa shape index (κ1) is 45.0. The normalized spacial score (nSPS) is 12.5. The zero-order valence-corrected chi connectivity index (χ0v) is 26.2. The largest absolute Gasteiger partial charge is 1.00 e. The first-order valence-electron chi connectivity index (χ1n) is 12.0. The number of esters is 1. The van der Waals surface area contributed by atoms with E-state index in [2.05, 4.69) is 14.5 Å². The Balaban J connectivity index is -0.000000367. The first-order chi connectivity index (χ1) is 17.6. The lowest BCUT2D eigenvalue weighted by atomic mass is 9.84. The number of carboxylic acid groups (broad SMARTS) is 1. The summed E-state index contributed by atoms with van der Waals surface area (Å²) < 4.78 is 5.98. The fourth-order valence-electron chi connectivity index (χ4n) is 3.30. The smallest absolute Gasteiger partial charge is 0.308 e. The van der Waals surface area contributed by atoms with Crippen molar-refractivity contribution in [2.24, 2.45) is 5.41 Å². The van der Waals surface area contributed by atoms with Crippen LogP contribution in [0.3, 0.4) is 0 Å². The summed E-state index contributed by atoms with van der Waals surface area (Å²) in [6.07, 6.45) is -1.46. The van der Waals surface area contributed by atoms with E-state index >= 15 is 0 Å². The van der Waals surface area contributed by atoms with Crippen molar-refractivity contribution < 1.29 is 83.0 Å². The molecule has 0 bridgehead atoms. The molecule has 244 valence electrons. The Morgan fingerprint density at radius 2 is 1.15 bits per heavy atom. The quantitative estimate of drug-likeness (QED) is 0.0603. The maximum Gasteiger partial charge on any atom is 0.308 e. The van der Waals surface area contributed by atoms with E-state index in [0.29, 0.717) is 21.8 Å². The second-order valence-electron chi connectivity index (χ2n) is 11.0. The zero-order chi connectivity index (χ0) is 31.0. The lowest BCUT2D eigenvalue weighted by molar-refractivity contribution is -0.885. The van der Waals surface area contributed by atoms with Gasteiger partial charge in [-0.1, -0.05) is 13.8 Å². The predicted molar refractivity (Wildman–Crippen MR) is 133 cm³/mol. The van der Waals surface area contributed by atoms with E-state index in [-0.39, 0.29) is 64.0 Å². The van der Waals surface area contributed by atoms with Crippen molar-refractivity contribution in [3.63, 3.8) is 0 Å². The predicted octanol–water partition coefficient (Wildman–Crippen LogP) is -5.03. The average molecular weight is 645 g/mol. The summed E-state index contributed by atoms with van der Waals surface area (Å²) in [4.78, 5) is 66.7. The molecule has 0 fully saturated rings. The lowest BCUT2D eigenvalue weighted by Gasteiger charge is -2.30. The van der Waals surface area contributed by atoms with Crippen molar-refractivity contribution in [2.75, 3.05) is 68.6 Å². The van der Waals surface area contributed by atoms with Gasteiger partial charge >= 0.3 is 11.9 Å². The molecular weight excluding hydrogens is 601 g/mol. The highest BCUT2D eigenvalue weighted by Gasteiger charge is 2.31. The van der Waals surface area contributed by atoms with Gasteiger partial charge in [-0.3, -0.25) is 9.59 Å². The number of ether oxygens (including phenoxy) is 1. The first-order valence-corrected chi connectivity index (χ1v) is 12.0. The maximum atomic E-state index is 12.0. The molecule has 2 unspecified atom stereocenters. The van der Waals surface area contributed by atoms with Crippen LogP contribution in [-0.2, 0) is 28.8 Å². The van der Waals surface area contributed by atoms with Crippen molar-refractivity contribution in [1.82, 2.24) is 0 Å². The molecule has 2 atom stereocenters. The number of hydrogen-bond donors (Lipinski definition) is 1. The van der Waals surface area contributed by atoms with E-state index in [0.717, 1.165) is 0 Å². The highest BCUT2D eigenvalue weighted by molar-refractivity contribution is 5.70. The van der Waals surface area contributed by atoms with E-state index in [1.54, 1.807) is 21.1 Å². The van der Waals surface area contributed by atoms with Crippen LogP contribution in [0.1, 0.15) is 39.5 Å². The molecular formula is C21H43Cl2N5O13. The van der Waals surface area contributed by atoms with Gasteiger partial charge in [-0.15, -0.1) is 30.3 Å². The number of hydrogen-bond acceptors (Lipinski definition) is 12. The third-order valence-electron chi connectivity index (χ3n) is 5.29. The molecule has 18 nitrogen and oxygen atoms in total. The lowest BCUT2D eigenvalue weighted by Crippen LogP contribution is -3.00. The number of aliphatic carboxylic acids is 1. The van der Waals surface area contributed by atoms with Gasteiger partial charge in [0.15, 0.2) is 12.2 Å². The number of carboxylic acids is 1. The van der Waals surface area contributed by atoms with Crippen LogP contribution in [0.2, 0.25) is 0 Å². The Morgan fingerprint density at radius 1 is 0.756 bits per heavy atom. The van der Waals surface area contributed by atoms with Gasteiger partial charge in [0.05, 0.1) is 61.7 Å². The SMILES string of the molecule is CCC(CC)(COC(=O)CC(C[N+](C)(C)C)O[N+](=O)[O-])CO[N+](=O)[O-].C[N+](C)(C)CC(CC(=O)O)O[N+](=O)[O-].[Cl-].[Cl-]. The third-order valence-corrected chi connectivity index (χ3v) is 5.29. The summed E-state index contributed by atoms with van der Waals surface area (Å²) in [5, 5.41) is 36.7. The molecule has 1 N–H and O–H groups in total. The molecule has 0 heterocycles. The number of quaternary nitrogens is 2. The Bertz CT molecular complexity index is 803. The van der Waals surface area contributed by atoms with Crippen LogP contribution in [0.4, 0.5) is 0 Å². The molecule has 0 aliphatic heterocycles. The molecule has 0 aromatic carbocycles.